The van der Waals surface area contributed by atoms with Crippen LogP contribution in [0, 0.1) is 6.92 Å². The van der Waals surface area contributed by atoms with Gasteiger partial charge in [0.25, 0.3) is 0 Å². The molecule has 0 aliphatic heterocycles. The van der Waals surface area contributed by atoms with Crippen LogP contribution in [0.5, 0.6) is 0 Å². The van der Waals surface area contributed by atoms with Crippen LogP contribution in [0.4, 0.5) is 0 Å². The first-order valence-electron chi connectivity index (χ1n) is 4.59. The van der Waals surface area contributed by atoms with Crippen LogP contribution < -0.4 is 0 Å². The molecule has 2 aromatic rings. The topological polar surface area (TPSA) is 58.9 Å². The van der Waals surface area contributed by atoms with Crippen molar-refractivity contribution in [2.45, 2.75) is 20.0 Å². The number of rotatable bonds is 2. The van der Waals surface area contributed by atoms with Crippen molar-refractivity contribution < 1.29 is 5.11 Å². The van der Waals surface area contributed by atoms with Gasteiger partial charge in [-0.1, -0.05) is 0 Å². The van der Waals surface area contributed by atoms with Gasteiger partial charge in [0.05, 0.1) is 16.5 Å². The van der Waals surface area contributed by atoms with E-state index in [1.807, 2.05) is 6.92 Å². The Morgan fingerprint density at radius 1 is 1.40 bits per heavy atom. The Labute approximate surface area is 91.7 Å². The summed E-state index contributed by atoms with van der Waals surface area (Å²) in [5.41, 5.74) is 3.32. The Balaban J connectivity index is 2.42. The molecule has 0 aliphatic carbocycles. The molecule has 0 fully saturated rings. The molecule has 0 amide bonds. The van der Waals surface area contributed by atoms with Crippen molar-refractivity contribution in [2.75, 3.05) is 0 Å². The SMILES string of the molecule is Cc1nc(-c2cncs2)ncc1C(C)O. The van der Waals surface area contributed by atoms with Gasteiger partial charge in [-0.2, -0.15) is 0 Å². The van der Waals surface area contributed by atoms with E-state index in [-0.39, 0.29) is 0 Å². The Morgan fingerprint density at radius 2 is 2.20 bits per heavy atom. The number of aromatic nitrogens is 3. The molecule has 0 aromatic carbocycles. The highest BCUT2D eigenvalue weighted by Gasteiger charge is 2.09. The van der Waals surface area contributed by atoms with Crippen molar-refractivity contribution in [2.24, 2.45) is 0 Å². The molecule has 1 N–H and O–H groups in total. The average Bonchev–Trinajstić information content (AvgIpc) is 2.69. The van der Waals surface area contributed by atoms with Gasteiger partial charge in [-0.05, 0) is 13.8 Å². The van der Waals surface area contributed by atoms with Crippen LogP contribution in [0.25, 0.3) is 10.7 Å². The lowest BCUT2D eigenvalue weighted by atomic mass is 10.1. The lowest BCUT2D eigenvalue weighted by Gasteiger charge is -2.07. The van der Waals surface area contributed by atoms with E-state index in [0.29, 0.717) is 5.82 Å². The van der Waals surface area contributed by atoms with Crippen molar-refractivity contribution in [3.63, 3.8) is 0 Å². The molecular weight excluding hydrogens is 210 g/mol. The molecule has 4 nitrogen and oxygen atoms in total. The third kappa shape index (κ3) is 2.03. The normalized spacial score (nSPS) is 12.7. The van der Waals surface area contributed by atoms with Crippen molar-refractivity contribution in [3.05, 3.63) is 29.2 Å². The van der Waals surface area contributed by atoms with E-state index < -0.39 is 6.10 Å². The number of thiazole rings is 1. The molecule has 15 heavy (non-hydrogen) atoms. The molecule has 1 unspecified atom stereocenters. The van der Waals surface area contributed by atoms with Gasteiger partial charge in [0.2, 0.25) is 0 Å². The quantitative estimate of drug-likeness (QED) is 0.842. The molecule has 2 heterocycles. The smallest absolute Gasteiger partial charge is 0.171 e. The lowest BCUT2D eigenvalue weighted by molar-refractivity contribution is 0.197. The second kappa shape index (κ2) is 4.04. The van der Waals surface area contributed by atoms with Crippen LogP contribution in [-0.4, -0.2) is 20.1 Å². The molecule has 0 spiro atoms. The monoisotopic (exact) mass is 221 g/mol. The summed E-state index contributed by atoms with van der Waals surface area (Å²) in [5, 5.41) is 9.44. The Bertz CT molecular complexity index is 454. The third-order valence-electron chi connectivity index (χ3n) is 2.12. The predicted molar refractivity (Wildman–Crippen MR) is 58.5 cm³/mol. The molecule has 1 atom stereocenters. The van der Waals surface area contributed by atoms with Gasteiger partial charge < -0.3 is 5.11 Å². The van der Waals surface area contributed by atoms with Crippen molar-refractivity contribution in [1.29, 1.82) is 0 Å². The highest BCUT2D eigenvalue weighted by molar-refractivity contribution is 7.13. The summed E-state index contributed by atoms with van der Waals surface area (Å²) in [6, 6.07) is 0. The van der Waals surface area contributed by atoms with Crippen molar-refractivity contribution in [1.82, 2.24) is 15.0 Å². The minimum Gasteiger partial charge on any atom is -0.389 e. The summed E-state index contributed by atoms with van der Waals surface area (Å²) in [6.07, 6.45) is 2.88. The fourth-order valence-corrected chi connectivity index (χ4v) is 1.89. The molecule has 0 saturated carbocycles. The molecule has 0 aliphatic rings. The van der Waals surface area contributed by atoms with Gasteiger partial charge in [-0.25, -0.2) is 9.97 Å². The second-order valence-electron chi connectivity index (χ2n) is 3.28. The molecule has 2 rings (SSSR count). The number of hydrogen-bond donors (Lipinski definition) is 1. The fraction of sp³-hybridized carbons (Fsp3) is 0.300. The van der Waals surface area contributed by atoms with Gasteiger partial charge in [0, 0.05) is 23.7 Å². The maximum atomic E-state index is 9.44. The van der Waals surface area contributed by atoms with Crippen LogP contribution >= 0.6 is 11.3 Å². The van der Waals surface area contributed by atoms with Crippen LogP contribution in [-0.2, 0) is 0 Å². The molecule has 0 saturated heterocycles. The van der Waals surface area contributed by atoms with E-state index in [1.165, 1.54) is 11.3 Å². The zero-order chi connectivity index (χ0) is 10.8. The van der Waals surface area contributed by atoms with E-state index in [2.05, 4.69) is 15.0 Å². The Morgan fingerprint density at radius 3 is 2.73 bits per heavy atom. The van der Waals surface area contributed by atoms with Crippen LogP contribution in [0.2, 0.25) is 0 Å². The molecule has 5 heteroatoms. The van der Waals surface area contributed by atoms with E-state index in [9.17, 15) is 5.11 Å². The maximum absolute atomic E-state index is 9.44. The summed E-state index contributed by atoms with van der Waals surface area (Å²) in [6.45, 7) is 3.58. The highest BCUT2D eigenvalue weighted by Crippen LogP contribution is 2.21. The van der Waals surface area contributed by atoms with Gasteiger partial charge in [-0.3, -0.25) is 4.98 Å². The summed E-state index contributed by atoms with van der Waals surface area (Å²) < 4.78 is 0. The summed E-state index contributed by atoms with van der Waals surface area (Å²) in [7, 11) is 0. The van der Waals surface area contributed by atoms with E-state index in [1.54, 1.807) is 24.8 Å². The number of aryl methyl sites for hydroxylation is 1. The number of aliphatic hydroxyl groups excluding tert-OH is 1. The van der Waals surface area contributed by atoms with E-state index >= 15 is 0 Å². The minimum atomic E-state index is -0.527. The van der Waals surface area contributed by atoms with Gasteiger partial charge in [0.15, 0.2) is 5.82 Å². The first kappa shape index (κ1) is 10.2. The van der Waals surface area contributed by atoms with E-state index in [0.717, 1.165) is 16.1 Å². The van der Waals surface area contributed by atoms with E-state index in [4.69, 9.17) is 0 Å². The van der Waals surface area contributed by atoms with Gasteiger partial charge in [0.1, 0.15) is 0 Å². The Hall–Kier alpha value is -1.33. The van der Waals surface area contributed by atoms with Gasteiger partial charge in [-0.15, -0.1) is 11.3 Å². The third-order valence-corrected chi connectivity index (χ3v) is 2.89. The number of nitrogens with zero attached hydrogens (tertiary/aromatic N) is 3. The molecular formula is C10H11N3OS. The van der Waals surface area contributed by atoms with Crippen molar-refractivity contribution >= 4 is 11.3 Å². The summed E-state index contributed by atoms with van der Waals surface area (Å²) in [4.78, 5) is 13.5. The first-order valence-corrected chi connectivity index (χ1v) is 5.47. The lowest BCUT2D eigenvalue weighted by Crippen LogP contribution is -2.00. The number of hydrogen-bond acceptors (Lipinski definition) is 5. The molecule has 78 valence electrons. The molecule has 0 radical (unpaired) electrons. The molecule has 0 bridgehead atoms. The van der Waals surface area contributed by atoms with Gasteiger partial charge >= 0.3 is 0 Å². The maximum Gasteiger partial charge on any atom is 0.171 e. The summed E-state index contributed by atoms with van der Waals surface area (Å²) in [5.74, 6) is 0.666. The molecule has 2 aromatic heterocycles. The number of aliphatic hydroxyl groups is 1. The largest absolute Gasteiger partial charge is 0.389 e. The van der Waals surface area contributed by atoms with Crippen LogP contribution in [0.15, 0.2) is 17.9 Å². The fourth-order valence-electron chi connectivity index (χ4n) is 1.33. The minimum absolute atomic E-state index is 0.527. The average molecular weight is 221 g/mol. The van der Waals surface area contributed by atoms with Crippen LogP contribution in [0.3, 0.4) is 0 Å². The first-order chi connectivity index (χ1) is 7.18. The standard InChI is InChI=1S/C10H11N3OS/c1-6-8(7(2)14)3-12-10(13-6)9-4-11-5-15-9/h3-5,7,14H,1-2H3. The zero-order valence-electron chi connectivity index (χ0n) is 8.51. The van der Waals surface area contributed by atoms with Crippen molar-refractivity contribution in [3.8, 4) is 10.7 Å². The predicted octanol–water partition coefficient (Wildman–Crippen LogP) is 1.96. The van der Waals surface area contributed by atoms with Crippen LogP contribution in [0.1, 0.15) is 24.3 Å². The second-order valence-corrected chi connectivity index (χ2v) is 4.16. The zero-order valence-corrected chi connectivity index (χ0v) is 9.32. The summed E-state index contributed by atoms with van der Waals surface area (Å²) >= 11 is 1.50. The highest BCUT2D eigenvalue weighted by atomic mass is 32.1. The Kier molecular flexibility index (Phi) is 2.75.